The topological polar surface area (TPSA) is 63.1 Å². The standard InChI is InChI=1S/C23H27N5O/c1-27-17-25-22(26-27)20-7-9-21(10-8-20)23(29)24-15-19-12-14-28(16-19)13-11-18-5-3-2-4-6-18/h2-10,17,19H,11-16H2,1H3,(H,24,29). The number of aryl methyl sites for hydroxylation is 1. The fraction of sp³-hybridized carbons (Fsp3) is 0.348. The minimum absolute atomic E-state index is 0.0201. The molecule has 29 heavy (non-hydrogen) atoms. The summed E-state index contributed by atoms with van der Waals surface area (Å²) in [6, 6.07) is 18.1. The minimum atomic E-state index is -0.0201. The average molecular weight is 390 g/mol. The molecule has 1 fully saturated rings. The first kappa shape index (κ1) is 19.3. The van der Waals surface area contributed by atoms with Crippen LogP contribution in [0.15, 0.2) is 60.9 Å². The van der Waals surface area contributed by atoms with E-state index >= 15 is 0 Å². The Morgan fingerprint density at radius 3 is 2.66 bits per heavy atom. The number of nitrogens with one attached hydrogen (secondary N) is 1. The van der Waals surface area contributed by atoms with Gasteiger partial charge < -0.3 is 10.2 Å². The summed E-state index contributed by atoms with van der Waals surface area (Å²) in [6.45, 7) is 3.97. The van der Waals surface area contributed by atoms with Gasteiger partial charge in [0.15, 0.2) is 5.82 Å². The number of carbonyl (C=O) groups excluding carboxylic acids is 1. The maximum atomic E-state index is 12.5. The molecule has 2 aromatic carbocycles. The van der Waals surface area contributed by atoms with Crippen molar-refractivity contribution in [2.45, 2.75) is 12.8 Å². The Morgan fingerprint density at radius 2 is 1.93 bits per heavy atom. The van der Waals surface area contributed by atoms with E-state index in [4.69, 9.17) is 0 Å². The Balaban J connectivity index is 1.22. The van der Waals surface area contributed by atoms with Crippen molar-refractivity contribution in [2.24, 2.45) is 13.0 Å². The number of rotatable bonds is 7. The van der Waals surface area contributed by atoms with E-state index in [9.17, 15) is 4.79 Å². The lowest BCUT2D eigenvalue weighted by atomic mass is 10.1. The van der Waals surface area contributed by atoms with Gasteiger partial charge in [-0.05, 0) is 43.0 Å². The molecule has 1 amide bonds. The average Bonchev–Trinajstić information content (AvgIpc) is 3.40. The molecule has 150 valence electrons. The molecule has 4 rings (SSSR count). The summed E-state index contributed by atoms with van der Waals surface area (Å²) in [7, 11) is 1.84. The molecule has 1 saturated heterocycles. The molecule has 1 N–H and O–H groups in total. The van der Waals surface area contributed by atoms with E-state index in [2.05, 4.69) is 50.6 Å². The summed E-state index contributed by atoms with van der Waals surface area (Å²) in [5.41, 5.74) is 2.96. The third kappa shape index (κ3) is 5.09. The van der Waals surface area contributed by atoms with Gasteiger partial charge in [-0.15, -0.1) is 0 Å². The van der Waals surface area contributed by atoms with Crippen molar-refractivity contribution in [3.8, 4) is 11.4 Å². The molecule has 1 aromatic heterocycles. The Kier molecular flexibility index (Phi) is 6.00. The molecular weight excluding hydrogens is 362 g/mol. The van der Waals surface area contributed by atoms with Crippen molar-refractivity contribution >= 4 is 5.91 Å². The SMILES string of the molecule is Cn1cnc(-c2ccc(C(=O)NCC3CCN(CCc4ccccc4)C3)cc2)n1. The van der Waals surface area contributed by atoms with Crippen LogP contribution in [0.25, 0.3) is 11.4 Å². The van der Waals surface area contributed by atoms with Crippen LogP contribution >= 0.6 is 0 Å². The number of likely N-dealkylation sites (tertiary alicyclic amines) is 1. The highest BCUT2D eigenvalue weighted by Crippen LogP contribution is 2.17. The van der Waals surface area contributed by atoms with E-state index in [0.717, 1.165) is 44.6 Å². The molecule has 0 aliphatic carbocycles. The van der Waals surface area contributed by atoms with Gasteiger partial charge in [-0.3, -0.25) is 9.48 Å². The van der Waals surface area contributed by atoms with E-state index in [1.54, 1.807) is 11.0 Å². The molecule has 1 aliphatic heterocycles. The first-order valence-electron chi connectivity index (χ1n) is 10.2. The maximum absolute atomic E-state index is 12.5. The first-order valence-corrected chi connectivity index (χ1v) is 10.2. The largest absolute Gasteiger partial charge is 0.352 e. The summed E-state index contributed by atoms with van der Waals surface area (Å²) in [6.07, 6.45) is 3.89. The molecule has 1 atom stereocenters. The number of aromatic nitrogens is 3. The van der Waals surface area contributed by atoms with Crippen LogP contribution in [0.5, 0.6) is 0 Å². The van der Waals surface area contributed by atoms with Crippen molar-refractivity contribution in [2.75, 3.05) is 26.2 Å². The van der Waals surface area contributed by atoms with Crippen LogP contribution < -0.4 is 5.32 Å². The lowest BCUT2D eigenvalue weighted by Crippen LogP contribution is -2.31. The summed E-state index contributed by atoms with van der Waals surface area (Å²) in [5.74, 6) is 1.17. The molecular formula is C23H27N5O. The van der Waals surface area contributed by atoms with E-state index in [0.29, 0.717) is 17.3 Å². The highest BCUT2D eigenvalue weighted by molar-refractivity contribution is 5.94. The second-order valence-electron chi connectivity index (χ2n) is 7.72. The Hall–Kier alpha value is -2.99. The number of nitrogens with zero attached hydrogens (tertiary/aromatic N) is 4. The highest BCUT2D eigenvalue weighted by atomic mass is 16.1. The minimum Gasteiger partial charge on any atom is -0.352 e. The fourth-order valence-corrected chi connectivity index (χ4v) is 3.80. The first-order chi connectivity index (χ1) is 14.2. The second-order valence-corrected chi connectivity index (χ2v) is 7.72. The summed E-state index contributed by atoms with van der Waals surface area (Å²) in [4.78, 5) is 19.2. The zero-order valence-electron chi connectivity index (χ0n) is 16.8. The number of carbonyl (C=O) groups is 1. The van der Waals surface area contributed by atoms with Crippen molar-refractivity contribution < 1.29 is 4.79 Å². The fourth-order valence-electron chi connectivity index (χ4n) is 3.80. The van der Waals surface area contributed by atoms with Gasteiger partial charge in [0, 0.05) is 37.8 Å². The summed E-state index contributed by atoms with van der Waals surface area (Å²) >= 11 is 0. The van der Waals surface area contributed by atoms with Gasteiger partial charge in [0.2, 0.25) is 0 Å². The molecule has 0 radical (unpaired) electrons. The van der Waals surface area contributed by atoms with Crippen molar-refractivity contribution in [1.29, 1.82) is 0 Å². The van der Waals surface area contributed by atoms with Crippen LogP contribution in [-0.4, -0.2) is 51.8 Å². The third-order valence-electron chi connectivity index (χ3n) is 5.49. The lowest BCUT2D eigenvalue weighted by Gasteiger charge is -2.16. The van der Waals surface area contributed by atoms with E-state index in [1.807, 2.05) is 31.3 Å². The maximum Gasteiger partial charge on any atom is 0.251 e. The van der Waals surface area contributed by atoms with Gasteiger partial charge in [-0.25, -0.2) is 4.98 Å². The normalized spacial score (nSPS) is 16.8. The van der Waals surface area contributed by atoms with Crippen molar-refractivity contribution in [3.05, 3.63) is 72.1 Å². The molecule has 2 heterocycles. The predicted molar refractivity (Wildman–Crippen MR) is 113 cm³/mol. The van der Waals surface area contributed by atoms with Crippen LogP contribution in [0.3, 0.4) is 0 Å². The van der Waals surface area contributed by atoms with Crippen LogP contribution in [0.4, 0.5) is 0 Å². The van der Waals surface area contributed by atoms with Gasteiger partial charge in [-0.1, -0.05) is 42.5 Å². The van der Waals surface area contributed by atoms with Gasteiger partial charge in [0.05, 0.1) is 0 Å². The van der Waals surface area contributed by atoms with Crippen molar-refractivity contribution in [3.63, 3.8) is 0 Å². The number of hydrogen-bond acceptors (Lipinski definition) is 4. The molecule has 3 aromatic rings. The molecule has 0 bridgehead atoms. The Labute approximate surface area is 171 Å². The Morgan fingerprint density at radius 1 is 1.14 bits per heavy atom. The molecule has 0 saturated carbocycles. The van der Waals surface area contributed by atoms with Crippen LogP contribution in [0.1, 0.15) is 22.3 Å². The summed E-state index contributed by atoms with van der Waals surface area (Å²) in [5, 5.41) is 7.38. The molecule has 1 unspecified atom stereocenters. The molecule has 6 nitrogen and oxygen atoms in total. The van der Waals surface area contributed by atoms with Crippen LogP contribution in [-0.2, 0) is 13.5 Å². The summed E-state index contributed by atoms with van der Waals surface area (Å²) < 4.78 is 1.67. The quantitative estimate of drug-likeness (QED) is 0.675. The zero-order chi connectivity index (χ0) is 20.1. The van der Waals surface area contributed by atoms with Gasteiger partial charge in [0.1, 0.15) is 6.33 Å². The molecule has 6 heteroatoms. The molecule has 1 aliphatic rings. The van der Waals surface area contributed by atoms with Gasteiger partial charge in [0.25, 0.3) is 5.91 Å². The van der Waals surface area contributed by atoms with Gasteiger partial charge >= 0.3 is 0 Å². The number of amides is 1. The van der Waals surface area contributed by atoms with Crippen molar-refractivity contribution in [1.82, 2.24) is 25.0 Å². The predicted octanol–water partition coefficient (Wildman–Crippen LogP) is 2.78. The highest BCUT2D eigenvalue weighted by Gasteiger charge is 2.22. The smallest absolute Gasteiger partial charge is 0.251 e. The van der Waals surface area contributed by atoms with E-state index < -0.39 is 0 Å². The third-order valence-corrected chi connectivity index (χ3v) is 5.49. The zero-order valence-corrected chi connectivity index (χ0v) is 16.8. The van der Waals surface area contributed by atoms with Crippen LogP contribution in [0.2, 0.25) is 0 Å². The Bertz CT molecular complexity index is 935. The van der Waals surface area contributed by atoms with Crippen LogP contribution in [0, 0.1) is 5.92 Å². The monoisotopic (exact) mass is 389 g/mol. The van der Waals surface area contributed by atoms with E-state index in [-0.39, 0.29) is 5.91 Å². The second kappa shape index (κ2) is 9.01. The number of benzene rings is 2. The number of hydrogen-bond donors (Lipinski definition) is 1. The molecule has 0 spiro atoms. The van der Waals surface area contributed by atoms with Gasteiger partial charge in [-0.2, -0.15) is 5.10 Å². The lowest BCUT2D eigenvalue weighted by molar-refractivity contribution is 0.0947. The van der Waals surface area contributed by atoms with E-state index in [1.165, 1.54) is 5.56 Å².